The second kappa shape index (κ2) is 8.00. The molecule has 2 aromatic rings. The second-order valence-electron chi connectivity index (χ2n) is 8.94. The molecule has 0 radical (unpaired) electrons. The molecule has 2 bridgehead atoms. The third kappa shape index (κ3) is 3.70. The fourth-order valence-electron chi connectivity index (χ4n) is 5.58. The van der Waals surface area contributed by atoms with Crippen molar-refractivity contribution in [3.8, 4) is 11.1 Å². The SMILES string of the molecule is CC(=O)Nc1ccc(-c2ccc(=O)n3c2[C@H]2C[C@@H](CN(C4CCOCC4)C2)C3)cc1. The van der Waals surface area contributed by atoms with E-state index < -0.39 is 0 Å². The first-order valence-corrected chi connectivity index (χ1v) is 11.0. The van der Waals surface area contributed by atoms with Crippen molar-refractivity contribution in [2.24, 2.45) is 5.92 Å². The van der Waals surface area contributed by atoms with E-state index in [0.717, 1.165) is 68.9 Å². The van der Waals surface area contributed by atoms with Crippen LogP contribution in [-0.4, -0.2) is 47.7 Å². The first kappa shape index (κ1) is 19.5. The van der Waals surface area contributed by atoms with E-state index in [1.807, 2.05) is 34.9 Å². The number of pyridine rings is 1. The van der Waals surface area contributed by atoms with Gasteiger partial charge in [0.25, 0.3) is 5.56 Å². The number of aromatic nitrogens is 1. The molecule has 6 nitrogen and oxygen atoms in total. The van der Waals surface area contributed by atoms with Gasteiger partial charge < -0.3 is 14.6 Å². The molecule has 158 valence electrons. The van der Waals surface area contributed by atoms with Crippen molar-refractivity contribution in [2.45, 2.75) is 44.7 Å². The van der Waals surface area contributed by atoms with Gasteiger partial charge in [0.2, 0.25) is 5.91 Å². The van der Waals surface area contributed by atoms with Crippen molar-refractivity contribution < 1.29 is 9.53 Å². The standard InChI is InChI=1S/C24H29N3O3/c1-16(28)25-20-4-2-18(3-5-20)22-6-7-23(29)27-14-17-12-19(24(22)27)15-26(13-17)21-8-10-30-11-9-21/h2-7,17,19,21H,8-15H2,1H3,(H,25,28)/t17-,19-/m0/s1. The second-order valence-corrected chi connectivity index (χ2v) is 8.94. The lowest BCUT2D eigenvalue weighted by Crippen LogP contribution is -2.51. The molecule has 2 fully saturated rings. The zero-order chi connectivity index (χ0) is 20.7. The smallest absolute Gasteiger partial charge is 0.250 e. The van der Waals surface area contributed by atoms with E-state index in [9.17, 15) is 9.59 Å². The summed E-state index contributed by atoms with van der Waals surface area (Å²) in [6.07, 6.45) is 3.37. The van der Waals surface area contributed by atoms with Gasteiger partial charge in [-0.05, 0) is 48.9 Å². The van der Waals surface area contributed by atoms with E-state index >= 15 is 0 Å². The fraction of sp³-hybridized carbons (Fsp3) is 0.500. The molecule has 6 heteroatoms. The molecule has 0 aliphatic carbocycles. The number of carbonyl (C=O) groups excluding carboxylic acids is 1. The summed E-state index contributed by atoms with van der Waals surface area (Å²) < 4.78 is 7.59. The number of hydrogen-bond acceptors (Lipinski definition) is 4. The predicted molar refractivity (Wildman–Crippen MR) is 117 cm³/mol. The van der Waals surface area contributed by atoms with Crippen LogP contribution in [0.25, 0.3) is 11.1 Å². The van der Waals surface area contributed by atoms with Crippen LogP contribution in [0, 0.1) is 5.92 Å². The lowest BCUT2D eigenvalue weighted by molar-refractivity contribution is -0.114. The monoisotopic (exact) mass is 407 g/mol. The van der Waals surface area contributed by atoms with Crippen molar-refractivity contribution in [3.05, 3.63) is 52.4 Å². The van der Waals surface area contributed by atoms with Gasteiger partial charge in [-0.25, -0.2) is 0 Å². The summed E-state index contributed by atoms with van der Waals surface area (Å²) in [5, 5.41) is 2.82. The van der Waals surface area contributed by atoms with Gasteiger partial charge in [0.15, 0.2) is 0 Å². The maximum atomic E-state index is 12.7. The number of ether oxygens (including phenoxy) is 1. The maximum absolute atomic E-state index is 12.7. The van der Waals surface area contributed by atoms with Crippen molar-refractivity contribution >= 4 is 11.6 Å². The van der Waals surface area contributed by atoms with E-state index in [2.05, 4.69) is 10.2 Å². The summed E-state index contributed by atoms with van der Waals surface area (Å²) in [5.74, 6) is 0.835. The summed E-state index contributed by atoms with van der Waals surface area (Å²) in [7, 11) is 0. The number of benzene rings is 1. The van der Waals surface area contributed by atoms with Crippen molar-refractivity contribution in [1.82, 2.24) is 9.47 Å². The van der Waals surface area contributed by atoms with Gasteiger partial charge >= 0.3 is 0 Å². The summed E-state index contributed by atoms with van der Waals surface area (Å²) in [4.78, 5) is 26.7. The molecule has 1 N–H and O–H groups in total. The van der Waals surface area contributed by atoms with Crippen LogP contribution in [0.1, 0.15) is 37.8 Å². The summed E-state index contributed by atoms with van der Waals surface area (Å²) in [6, 6.07) is 12.2. The van der Waals surface area contributed by atoms with Crippen molar-refractivity contribution in [3.63, 3.8) is 0 Å². The molecule has 3 aliphatic rings. The topological polar surface area (TPSA) is 63.6 Å². The number of rotatable bonds is 3. The van der Waals surface area contributed by atoms with Crippen LogP contribution in [-0.2, 0) is 16.1 Å². The van der Waals surface area contributed by atoms with Crippen LogP contribution in [0.3, 0.4) is 0 Å². The molecule has 0 saturated carbocycles. The van der Waals surface area contributed by atoms with Crippen LogP contribution >= 0.6 is 0 Å². The number of nitrogens with one attached hydrogen (secondary N) is 1. The number of anilines is 1. The number of amides is 1. The third-order valence-corrected chi connectivity index (χ3v) is 6.84. The minimum Gasteiger partial charge on any atom is -0.381 e. The molecule has 3 aliphatic heterocycles. The molecule has 1 aromatic heterocycles. The lowest BCUT2D eigenvalue weighted by Gasteiger charge is -2.47. The Hall–Kier alpha value is -2.44. The molecule has 2 atom stereocenters. The summed E-state index contributed by atoms with van der Waals surface area (Å²) in [6.45, 7) is 6.14. The third-order valence-electron chi connectivity index (χ3n) is 6.84. The normalized spacial score (nSPS) is 24.3. The Morgan fingerprint density at radius 2 is 1.80 bits per heavy atom. The number of nitrogens with zero attached hydrogens (tertiary/aromatic N) is 2. The van der Waals surface area contributed by atoms with Crippen LogP contribution in [0.15, 0.2) is 41.2 Å². The van der Waals surface area contributed by atoms with Crippen LogP contribution in [0.2, 0.25) is 0 Å². The number of piperidine rings is 1. The highest BCUT2D eigenvalue weighted by molar-refractivity contribution is 5.89. The van der Waals surface area contributed by atoms with E-state index in [-0.39, 0.29) is 11.5 Å². The number of likely N-dealkylation sites (tertiary alicyclic amines) is 1. The maximum Gasteiger partial charge on any atom is 0.250 e. The van der Waals surface area contributed by atoms with Gasteiger partial charge in [-0.3, -0.25) is 14.5 Å². The summed E-state index contributed by atoms with van der Waals surface area (Å²) >= 11 is 0. The van der Waals surface area contributed by atoms with Gasteiger partial charge in [-0.15, -0.1) is 0 Å². The van der Waals surface area contributed by atoms with Crippen LogP contribution < -0.4 is 10.9 Å². The van der Waals surface area contributed by atoms with E-state index in [1.165, 1.54) is 12.6 Å². The minimum atomic E-state index is -0.0761. The Morgan fingerprint density at radius 1 is 1.03 bits per heavy atom. The minimum absolute atomic E-state index is 0.0761. The number of fused-ring (bicyclic) bond motifs is 4. The Kier molecular flexibility index (Phi) is 5.21. The molecule has 1 amide bonds. The van der Waals surface area contributed by atoms with E-state index in [1.54, 1.807) is 6.07 Å². The number of hydrogen-bond donors (Lipinski definition) is 1. The zero-order valence-electron chi connectivity index (χ0n) is 17.5. The van der Waals surface area contributed by atoms with Gasteiger partial charge in [0.1, 0.15) is 0 Å². The van der Waals surface area contributed by atoms with Gasteiger partial charge in [0, 0.05) is 74.7 Å². The van der Waals surface area contributed by atoms with Crippen LogP contribution in [0.5, 0.6) is 0 Å². The Balaban J connectivity index is 1.48. The van der Waals surface area contributed by atoms with Crippen molar-refractivity contribution in [2.75, 3.05) is 31.6 Å². The Labute approximate surface area is 176 Å². The zero-order valence-corrected chi connectivity index (χ0v) is 17.5. The molecule has 1 aromatic carbocycles. The Bertz CT molecular complexity index is 992. The fourth-order valence-corrected chi connectivity index (χ4v) is 5.58. The highest BCUT2D eigenvalue weighted by Crippen LogP contribution is 2.41. The lowest BCUT2D eigenvalue weighted by atomic mass is 9.79. The molecule has 0 spiro atoms. The van der Waals surface area contributed by atoms with E-state index in [4.69, 9.17) is 4.74 Å². The molecular formula is C24H29N3O3. The van der Waals surface area contributed by atoms with Crippen molar-refractivity contribution in [1.29, 1.82) is 0 Å². The Morgan fingerprint density at radius 3 is 2.53 bits per heavy atom. The highest BCUT2D eigenvalue weighted by atomic mass is 16.5. The largest absolute Gasteiger partial charge is 0.381 e. The van der Waals surface area contributed by atoms with Gasteiger partial charge in [-0.2, -0.15) is 0 Å². The average Bonchev–Trinajstić information content (AvgIpc) is 2.75. The predicted octanol–water partition coefficient (Wildman–Crippen LogP) is 3.07. The summed E-state index contributed by atoms with van der Waals surface area (Å²) in [5.41, 5.74) is 4.31. The van der Waals surface area contributed by atoms with Crippen LogP contribution in [0.4, 0.5) is 5.69 Å². The average molecular weight is 408 g/mol. The first-order chi connectivity index (χ1) is 14.6. The molecule has 4 heterocycles. The first-order valence-electron chi connectivity index (χ1n) is 11.0. The molecule has 0 unspecified atom stereocenters. The molecule has 2 saturated heterocycles. The molecular weight excluding hydrogens is 378 g/mol. The van der Waals surface area contributed by atoms with E-state index in [0.29, 0.717) is 17.9 Å². The highest BCUT2D eigenvalue weighted by Gasteiger charge is 2.38. The quantitative estimate of drug-likeness (QED) is 0.849. The van der Waals surface area contributed by atoms with Gasteiger partial charge in [-0.1, -0.05) is 12.1 Å². The number of carbonyl (C=O) groups is 1. The van der Waals surface area contributed by atoms with Gasteiger partial charge in [0.05, 0.1) is 0 Å². The molecule has 5 rings (SSSR count). The molecule has 30 heavy (non-hydrogen) atoms.